The van der Waals surface area contributed by atoms with Crippen LogP contribution in [0.4, 0.5) is 0 Å². The second-order valence-corrected chi connectivity index (χ2v) is 5.38. The van der Waals surface area contributed by atoms with Crippen molar-refractivity contribution in [1.29, 1.82) is 0 Å². The van der Waals surface area contributed by atoms with E-state index in [0.717, 1.165) is 44.1 Å². The van der Waals surface area contributed by atoms with Gasteiger partial charge < -0.3 is 19.9 Å². The van der Waals surface area contributed by atoms with Crippen molar-refractivity contribution in [2.45, 2.75) is 19.1 Å². The van der Waals surface area contributed by atoms with Gasteiger partial charge in [-0.25, -0.2) is 0 Å². The van der Waals surface area contributed by atoms with E-state index in [0.29, 0.717) is 6.61 Å². The monoisotopic (exact) mass is 278 g/mol. The van der Waals surface area contributed by atoms with E-state index in [1.807, 2.05) is 6.07 Å². The number of phenols is 1. The Hall–Kier alpha value is -1.30. The summed E-state index contributed by atoms with van der Waals surface area (Å²) in [4.78, 5) is 2.41. The SMILES string of the molecule is CCN1CCOC(CNC2COc3cc(O)ccc32)C1. The van der Waals surface area contributed by atoms with Crippen molar-refractivity contribution in [2.75, 3.05) is 39.4 Å². The molecule has 2 unspecified atom stereocenters. The number of benzene rings is 1. The van der Waals surface area contributed by atoms with Gasteiger partial charge in [-0.1, -0.05) is 6.92 Å². The fourth-order valence-electron chi connectivity index (χ4n) is 2.83. The lowest BCUT2D eigenvalue weighted by atomic mass is 10.1. The largest absolute Gasteiger partial charge is 0.508 e. The Morgan fingerprint density at radius 3 is 3.20 bits per heavy atom. The first-order chi connectivity index (χ1) is 9.76. The zero-order chi connectivity index (χ0) is 13.9. The molecule has 1 aromatic carbocycles. The molecule has 110 valence electrons. The second kappa shape index (κ2) is 5.99. The Kier molecular flexibility index (Phi) is 4.10. The highest BCUT2D eigenvalue weighted by Gasteiger charge is 2.26. The molecule has 5 nitrogen and oxygen atoms in total. The summed E-state index contributed by atoms with van der Waals surface area (Å²) in [6.45, 7) is 7.53. The number of aromatic hydroxyl groups is 1. The molecule has 2 N–H and O–H groups in total. The first-order valence-electron chi connectivity index (χ1n) is 7.29. The zero-order valence-electron chi connectivity index (χ0n) is 11.8. The van der Waals surface area contributed by atoms with Crippen molar-refractivity contribution in [3.8, 4) is 11.5 Å². The fraction of sp³-hybridized carbons (Fsp3) is 0.600. The van der Waals surface area contributed by atoms with Gasteiger partial charge in [-0.3, -0.25) is 4.90 Å². The van der Waals surface area contributed by atoms with Gasteiger partial charge in [0.1, 0.15) is 18.1 Å². The molecule has 2 aliphatic rings. The molecule has 3 rings (SSSR count). The van der Waals surface area contributed by atoms with E-state index in [1.54, 1.807) is 12.1 Å². The highest BCUT2D eigenvalue weighted by atomic mass is 16.5. The van der Waals surface area contributed by atoms with Gasteiger partial charge in [0.15, 0.2) is 0 Å². The predicted octanol–water partition coefficient (Wildman–Crippen LogP) is 1.14. The van der Waals surface area contributed by atoms with Crippen LogP contribution >= 0.6 is 0 Å². The summed E-state index contributed by atoms with van der Waals surface area (Å²) in [5, 5.41) is 13.0. The van der Waals surface area contributed by atoms with E-state index in [2.05, 4.69) is 17.1 Å². The van der Waals surface area contributed by atoms with Gasteiger partial charge in [-0.05, 0) is 18.7 Å². The molecule has 5 heteroatoms. The second-order valence-electron chi connectivity index (χ2n) is 5.38. The molecule has 0 radical (unpaired) electrons. The van der Waals surface area contributed by atoms with Gasteiger partial charge in [0.05, 0.1) is 18.8 Å². The minimum absolute atomic E-state index is 0.186. The zero-order valence-corrected chi connectivity index (χ0v) is 11.8. The van der Waals surface area contributed by atoms with Gasteiger partial charge in [-0.2, -0.15) is 0 Å². The Labute approximate surface area is 119 Å². The van der Waals surface area contributed by atoms with Crippen LogP contribution in [0.25, 0.3) is 0 Å². The van der Waals surface area contributed by atoms with Gasteiger partial charge in [-0.15, -0.1) is 0 Å². The smallest absolute Gasteiger partial charge is 0.127 e. The van der Waals surface area contributed by atoms with Crippen molar-refractivity contribution < 1.29 is 14.6 Å². The molecule has 0 spiro atoms. The average molecular weight is 278 g/mol. The molecular formula is C15H22N2O3. The van der Waals surface area contributed by atoms with E-state index < -0.39 is 0 Å². The van der Waals surface area contributed by atoms with Gasteiger partial charge >= 0.3 is 0 Å². The van der Waals surface area contributed by atoms with Crippen LogP contribution in [-0.2, 0) is 4.74 Å². The lowest BCUT2D eigenvalue weighted by Gasteiger charge is -2.32. The van der Waals surface area contributed by atoms with E-state index in [4.69, 9.17) is 9.47 Å². The van der Waals surface area contributed by atoms with Crippen LogP contribution in [0.1, 0.15) is 18.5 Å². The Bertz CT molecular complexity index is 466. The molecule has 0 saturated carbocycles. The lowest BCUT2D eigenvalue weighted by Crippen LogP contribution is -2.47. The van der Waals surface area contributed by atoms with Crippen molar-refractivity contribution >= 4 is 0 Å². The van der Waals surface area contributed by atoms with Crippen molar-refractivity contribution in [1.82, 2.24) is 10.2 Å². The third-order valence-electron chi connectivity index (χ3n) is 4.04. The normalized spacial score (nSPS) is 26.2. The third-order valence-corrected chi connectivity index (χ3v) is 4.04. The highest BCUT2D eigenvalue weighted by molar-refractivity contribution is 5.44. The number of nitrogens with one attached hydrogen (secondary N) is 1. The number of nitrogens with zero attached hydrogens (tertiary/aromatic N) is 1. The number of ether oxygens (including phenoxy) is 2. The standard InChI is InChI=1S/C15H22N2O3/c1-2-17-5-6-19-12(9-17)8-16-14-10-20-15-7-11(18)3-4-13(14)15/h3-4,7,12,14,16,18H,2,5-6,8-10H2,1H3. The summed E-state index contributed by atoms with van der Waals surface area (Å²) in [5.41, 5.74) is 1.12. The Balaban J connectivity index is 1.55. The maximum absolute atomic E-state index is 9.45. The van der Waals surface area contributed by atoms with Crippen LogP contribution in [0.15, 0.2) is 18.2 Å². The summed E-state index contributed by atoms with van der Waals surface area (Å²) in [7, 11) is 0. The van der Waals surface area contributed by atoms with Crippen molar-refractivity contribution in [2.24, 2.45) is 0 Å². The topological polar surface area (TPSA) is 54.0 Å². The van der Waals surface area contributed by atoms with E-state index in [9.17, 15) is 5.11 Å². The van der Waals surface area contributed by atoms with Crippen LogP contribution in [0.3, 0.4) is 0 Å². The minimum atomic E-state index is 0.186. The maximum atomic E-state index is 9.45. The van der Waals surface area contributed by atoms with Crippen LogP contribution in [0.2, 0.25) is 0 Å². The molecule has 0 aromatic heterocycles. The van der Waals surface area contributed by atoms with E-state index >= 15 is 0 Å². The third kappa shape index (κ3) is 2.90. The van der Waals surface area contributed by atoms with Crippen molar-refractivity contribution in [3.63, 3.8) is 0 Å². The molecule has 2 heterocycles. The van der Waals surface area contributed by atoms with E-state index in [1.165, 1.54) is 0 Å². The molecule has 0 bridgehead atoms. The molecule has 1 fully saturated rings. The number of phenolic OH excluding ortho intramolecular Hbond substituents is 1. The summed E-state index contributed by atoms with van der Waals surface area (Å²) in [6, 6.07) is 5.49. The molecule has 0 amide bonds. The molecule has 2 aliphatic heterocycles. The van der Waals surface area contributed by atoms with Crippen LogP contribution < -0.4 is 10.1 Å². The molecule has 1 saturated heterocycles. The summed E-state index contributed by atoms with van der Waals surface area (Å²) < 4.78 is 11.4. The van der Waals surface area contributed by atoms with Crippen LogP contribution in [0, 0.1) is 0 Å². The number of morpholine rings is 1. The number of fused-ring (bicyclic) bond motifs is 1. The van der Waals surface area contributed by atoms with Crippen molar-refractivity contribution in [3.05, 3.63) is 23.8 Å². The summed E-state index contributed by atoms with van der Waals surface area (Å²) >= 11 is 0. The van der Waals surface area contributed by atoms with Crippen LogP contribution in [0.5, 0.6) is 11.5 Å². The molecule has 0 aliphatic carbocycles. The van der Waals surface area contributed by atoms with Gasteiger partial charge in [0.2, 0.25) is 0 Å². The van der Waals surface area contributed by atoms with Gasteiger partial charge in [0, 0.05) is 31.3 Å². The number of hydrogen-bond acceptors (Lipinski definition) is 5. The quantitative estimate of drug-likeness (QED) is 0.865. The summed E-state index contributed by atoms with van der Waals surface area (Å²) in [6.07, 6.45) is 0.241. The van der Waals surface area contributed by atoms with E-state index in [-0.39, 0.29) is 17.9 Å². The Morgan fingerprint density at radius 1 is 1.45 bits per heavy atom. The lowest BCUT2D eigenvalue weighted by molar-refractivity contribution is -0.0265. The Morgan fingerprint density at radius 2 is 2.35 bits per heavy atom. The molecular weight excluding hydrogens is 256 g/mol. The molecule has 2 atom stereocenters. The summed E-state index contributed by atoms with van der Waals surface area (Å²) in [5.74, 6) is 1.03. The first kappa shape index (κ1) is 13.7. The minimum Gasteiger partial charge on any atom is -0.508 e. The molecule has 1 aromatic rings. The van der Waals surface area contributed by atoms with Crippen LogP contribution in [-0.4, -0.2) is 55.5 Å². The van der Waals surface area contributed by atoms with Gasteiger partial charge in [0.25, 0.3) is 0 Å². The molecule has 20 heavy (non-hydrogen) atoms. The maximum Gasteiger partial charge on any atom is 0.127 e. The highest BCUT2D eigenvalue weighted by Crippen LogP contribution is 2.34. The average Bonchev–Trinajstić information content (AvgIpc) is 2.87. The number of rotatable bonds is 4. The fourth-order valence-corrected chi connectivity index (χ4v) is 2.83. The first-order valence-corrected chi connectivity index (χ1v) is 7.29. The number of hydrogen-bond donors (Lipinski definition) is 2. The predicted molar refractivity (Wildman–Crippen MR) is 76.2 cm³/mol. The number of likely N-dealkylation sites (N-methyl/N-ethyl adjacent to an activating group) is 1.